The summed E-state index contributed by atoms with van der Waals surface area (Å²) in [6.07, 6.45) is 8.33. The van der Waals surface area contributed by atoms with Gasteiger partial charge in [0.25, 0.3) is 0 Å². The molecule has 0 aliphatic heterocycles. The molecule has 1 aliphatic rings. The van der Waals surface area contributed by atoms with Crippen LogP contribution in [0.25, 0.3) is 0 Å². The molecule has 0 aromatic carbocycles. The number of nitrogens with zero attached hydrogens (tertiary/aromatic N) is 2. The fraction of sp³-hybridized carbons (Fsp3) is 0.750. The quantitative estimate of drug-likeness (QED) is 0.611. The highest BCUT2D eigenvalue weighted by atomic mass is 79.9. The van der Waals surface area contributed by atoms with Crippen LogP contribution in [0.1, 0.15) is 65.1 Å². The first kappa shape index (κ1) is 15.7. The van der Waals surface area contributed by atoms with Crippen LogP contribution in [0.3, 0.4) is 0 Å². The standard InChI is InChI=1S/C16H26BrN3/c1-16(2,3)15-19-13(17)11-14(20-15)18-10-6-9-12-7-4-5-8-12/h11-12H,4-10H2,1-3H3,(H,18,19,20). The van der Waals surface area contributed by atoms with Gasteiger partial charge < -0.3 is 5.32 Å². The van der Waals surface area contributed by atoms with E-state index in [1.807, 2.05) is 6.07 Å². The summed E-state index contributed by atoms with van der Waals surface area (Å²) in [5.74, 6) is 2.78. The normalized spacial score (nSPS) is 16.6. The summed E-state index contributed by atoms with van der Waals surface area (Å²) >= 11 is 3.48. The average molecular weight is 340 g/mol. The first-order valence-electron chi connectivity index (χ1n) is 7.74. The molecule has 1 N–H and O–H groups in total. The van der Waals surface area contributed by atoms with E-state index in [4.69, 9.17) is 0 Å². The Labute approximate surface area is 131 Å². The third-order valence-corrected chi connectivity index (χ3v) is 4.34. The van der Waals surface area contributed by atoms with Crippen molar-refractivity contribution in [1.29, 1.82) is 0 Å². The molecule has 1 saturated carbocycles. The first-order valence-corrected chi connectivity index (χ1v) is 8.53. The van der Waals surface area contributed by atoms with Crippen LogP contribution >= 0.6 is 15.9 Å². The minimum absolute atomic E-state index is 0.0238. The van der Waals surface area contributed by atoms with E-state index in [-0.39, 0.29) is 5.41 Å². The van der Waals surface area contributed by atoms with Gasteiger partial charge in [-0.15, -0.1) is 0 Å². The van der Waals surface area contributed by atoms with Gasteiger partial charge in [0.2, 0.25) is 0 Å². The number of hydrogen-bond donors (Lipinski definition) is 1. The Morgan fingerprint density at radius 2 is 1.95 bits per heavy atom. The summed E-state index contributed by atoms with van der Waals surface area (Å²) in [5.41, 5.74) is -0.0238. The lowest BCUT2D eigenvalue weighted by Gasteiger charge is -2.18. The van der Waals surface area contributed by atoms with Gasteiger partial charge in [-0.2, -0.15) is 0 Å². The Kier molecular flexibility index (Phi) is 5.42. The number of aromatic nitrogens is 2. The largest absolute Gasteiger partial charge is 0.370 e. The summed E-state index contributed by atoms with van der Waals surface area (Å²) in [4.78, 5) is 9.08. The first-order chi connectivity index (χ1) is 9.45. The van der Waals surface area contributed by atoms with Crippen LogP contribution in [-0.4, -0.2) is 16.5 Å². The lowest BCUT2D eigenvalue weighted by molar-refractivity contribution is 0.491. The Morgan fingerprint density at radius 1 is 1.25 bits per heavy atom. The predicted octanol–water partition coefficient (Wildman–Crippen LogP) is 4.92. The summed E-state index contributed by atoms with van der Waals surface area (Å²) in [6, 6.07) is 1.96. The van der Waals surface area contributed by atoms with Gasteiger partial charge in [0.15, 0.2) is 0 Å². The van der Waals surface area contributed by atoms with Crippen molar-refractivity contribution in [2.24, 2.45) is 5.92 Å². The fourth-order valence-electron chi connectivity index (χ4n) is 2.75. The Balaban J connectivity index is 1.84. The maximum atomic E-state index is 4.62. The van der Waals surface area contributed by atoms with E-state index < -0.39 is 0 Å². The van der Waals surface area contributed by atoms with Crippen LogP contribution in [0, 0.1) is 5.92 Å². The van der Waals surface area contributed by atoms with E-state index in [9.17, 15) is 0 Å². The van der Waals surface area contributed by atoms with Gasteiger partial charge in [0.1, 0.15) is 16.2 Å². The van der Waals surface area contributed by atoms with Gasteiger partial charge in [-0.25, -0.2) is 9.97 Å². The summed E-state index contributed by atoms with van der Waals surface area (Å²) in [7, 11) is 0. The molecule has 1 heterocycles. The zero-order valence-electron chi connectivity index (χ0n) is 12.9. The minimum atomic E-state index is -0.0238. The van der Waals surface area contributed by atoms with Crippen LogP contribution in [-0.2, 0) is 5.41 Å². The highest BCUT2D eigenvalue weighted by molar-refractivity contribution is 9.10. The molecule has 20 heavy (non-hydrogen) atoms. The minimum Gasteiger partial charge on any atom is -0.370 e. The van der Waals surface area contributed by atoms with E-state index in [1.165, 1.54) is 38.5 Å². The molecule has 0 radical (unpaired) electrons. The molecule has 3 nitrogen and oxygen atoms in total. The third-order valence-electron chi connectivity index (χ3n) is 3.94. The van der Waals surface area contributed by atoms with Crippen molar-refractivity contribution in [1.82, 2.24) is 9.97 Å². The second-order valence-electron chi connectivity index (χ2n) is 6.87. The van der Waals surface area contributed by atoms with Crippen molar-refractivity contribution in [3.63, 3.8) is 0 Å². The molecule has 2 rings (SSSR count). The third kappa shape index (κ3) is 4.72. The van der Waals surface area contributed by atoms with E-state index >= 15 is 0 Å². The van der Waals surface area contributed by atoms with Gasteiger partial charge in [-0.1, -0.05) is 46.5 Å². The highest BCUT2D eigenvalue weighted by Crippen LogP contribution is 2.28. The van der Waals surface area contributed by atoms with E-state index in [2.05, 4.69) is 52.0 Å². The molecule has 0 saturated heterocycles. The van der Waals surface area contributed by atoms with Gasteiger partial charge >= 0.3 is 0 Å². The summed E-state index contributed by atoms with van der Waals surface area (Å²) in [5, 5.41) is 3.44. The number of nitrogens with one attached hydrogen (secondary N) is 1. The predicted molar refractivity (Wildman–Crippen MR) is 88.1 cm³/mol. The van der Waals surface area contributed by atoms with E-state index in [0.717, 1.165) is 28.7 Å². The van der Waals surface area contributed by atoms with Gasteiger partial charge in [0.05, 0.1) is 0 Å². The maximum absolute atomic E-state index is 4.62. The molecule has 1 fully saturated rings. The van der Waals surface area contributed by atoms with Crippen molar-refractivity contribution in [3.8, 4) is 0 Å². The number of halogens is 1. The Hall–Kier alpha value is -0.640. The lowest BCUT2D eigenvalue weighted by atomic mass is 9.96. The molecule has 0 atom stereocenters. The molecule has 0 spiro atoms. The van der Waals surface area contributed by atoms with Gasteiger partial charge in [-0.05, 0) is 34.7 Å². The van der Waals surface area contributed by atoms with Crippen LogP contribution in [0.5, 0.6) is 0 Å². The fourth-order valence-corrected chi connectivity index (χ4v) is 3.13. The molecule has 0 amide bonds. The van der Waals surface area contributed by atoms with Crippen molar-refractivity contribution < 1.29 is 0 Å². The summed E-state index contributed by atoms with van der Waals surface area (Å²) in [6.45, 7) is 7.42. The molecule has 1 aliphatic carbocycles. The van der Waals surface area contributed by atoms with Crippen molar-refractivity contribution in [2.45, 2.75) is 64.7 Å². The number of rotatable bonds is 5. The highest BCUT2D eigenvalue weighted by Gasteiger charge is 2.18. The second-order valence-corrected chi connectivity index (χ2v) is 7.68. The molecular formula is C16H26BrN3. The van der Waals surface area contributed by atoms with Crippen LogP contribution in [0.15, 0.2) is 10.7 Å². The van der Waals surface area contributed by atoms with Crippen molar-refractivity contribution >= 4 is 21.7 Å². The van der Waals surface area contributed by atoms with Gasteiger partial charge in [-0.3, -0.25) is 0 Å². The van der Waals surface area contributed by atoms with Crippen LogP contribution < -0.4 is 5.32 Å². The zero-order chi connectivity index (χ0) is 14.6. The molecule has 4 heteroatoms. The number of hydrogen-bond acceptors (Lipinski definition) is 3. The lowest BCUT2D eigenvalue weighted by Crippen LogP contribution is -2.17. The molecular weight excluding hydrogens is 314 g/mol. The van der Waals surface area contributed by atoms with Gasteiger partial charge in [0, 0.05) is 18.0 Å². The molecule has 0 unspecified atom stereocenters. The Bertz CT molecular complexity index is 434. The van der Waals surface area contributed by atoms with Crippen molar-refractivity contribution in [2.75, 3.05) is 11.9 Å². The second kappa shape index (κ2) is 6.88. The zero-order valence-corrected chi connectivity index (χ0v) is 14.5. The van der Waals surface area contributed by atoms with Crippen molar-refractivity contribution in [3.05, 3.63) is 16.5 Å². The average Bonchev–Trinajstić information content (AvgIpc) is 2.86. The SMILES string of the molecule is CC(C)(C)c1nc(Br)cc(NCCCC2CCCC2)n1. The van der Waals surface area contributed by atoms with Crippen LogP contribution in [0.4, 0.5) is 5.82 Å². The summed E-state index contributed by atoms with van der Waals surface area (Å²) < 4.78 is 0.857. The monoisotopic (exact) mass is 339 g/mol. The van der Waals surface area contributed by atoms with Crippen LogP contribution in [0.2, 0.25) is 0 Å². The van der Waals surface area contributed by atoms with E-state index in [1.54, 1.807) is 0 Å². The topological polar surface area (TPSA) is 37.8 Å². The van der Waals surface area contributed by atoms with E-state index in [0.29, 0.717) is 0 Å². The smallest absolute Gasteiger partial charge is 0.137 e. The maximum Gasteiger partial charge on any atom is 0.137 e. The number of anilines is 1. The molecule has 1 aromatic rings. The Morgan fingerprint density at radius 3 is 2.60 bits per heavy atom. The molecule has 112 valence electrons. The molecule has 0 bridgehead atoms. The molecule has 1 aromatic heterocycles.